The van der Waals surface area contributed by atoms with Gasteiger partial charge in [0.1, 0.15) is 0 Å². The van der Waals surface area contributed by atoms with Crippen LogP contribution >= 0.6 is 22.9 Å². The molecule has 2 N–H and O–H groups in total. The summed E-state index contributed by atoms with van der Waals surface area (Å²) in [7, 11) is 0. The van der Waals surface area contributed by atoms with Crippen LogP contribution in [-0.4, -0.2) is 12.5 Å². The van der Waals surface area contributed by atoms with E-state index in [1.807, 2.05) is 17.5 Å². The standard InChI is InChI=1S/C13H13ClN2OS/c14-10-3-5-11(6-4-10)16-13(17)9-15-8-12-2-1-7-18-12/h1-7,15H,8-9H2,(H,16,17). The molecular weight excluding hydrogens is 268 g/mol. The predicted octanol–water partition coefficient (Wildman–Crippen LogP) is 3.13. The number of hydrogen-bond acceptors (Lipinski definition) is 3. The van der Waals surface area contributed by atoms with Crippen molar-refractivity contribution >= 4 is 34.5 Å². The third kappa shape index (κ3) is 4.14. The Balaban J connectivity index is 1.73. The van der Waals surface area contributed by atoms with Gasteiger partial charge in [0.15, 0.2) is 0 Å². The number of carbonyl (C=O) groups excluding carboxylic acids is 1. The van der Waals surface area contributed by atoms with E-state index >= 15 is 0 Å². The molecule has 2 rings (SSSR count). The fraction of sp³-hybridized carbons (Fsp3) is 0.154. The molecule has 0 atom stereocenters. The molecule has 2 aromatic rings. The zero-order valence-electron chi connectivity index (χ0n) is 9.65. The molecule has 1 heterocycles. The van der Waals surface area contributed by atoms with Gasteiger partial charge in [-0.05, 0) is 35.7 Å². The van der Waals surface area contributed by atoms with Crippen molar-refractivity contribution < 1.29 is 4.79 Å². The quantitative estimate of drug-likeness (QED) is 0.883. The van der Waals surface area contributed by atoms with E-state index in [1.54, 1.807) is 35.6 Å². The van der Waals surface area contributed by atoms with Gasteiger partial charge in [0.05, 0.1) is 6.54 Å². The van der Waals surface area contributed by atoms with Crippen molar-refractivity contribution in [1.82, 2.24) is 5.32 Å². The molecular formula is C13H13ClN2OS. The van der Waals surface area contributed by atoms with Gasteiger partial charge in [-0.3, -0.25) is 4.79 Å². The molecule has 0 aliphatic heterocycles. The predicted molar refractivity (Wildman–Crippen MR) is 76.1 cm³/mol. The van der Waals surface area contributed by atoms with Crippen LogP contribution in [0, 0.1) is 0 Å². The summed E-state index contributed by atoms with van der Waals surface area (Å²) in [5, 5.41) is 8.56. The summed E-state index contributed by atoms with van der Waals surface area (Å²) in [6, 6.07) is 11.1. The topological polar surface area (TPSA) is 41.1 Å². The number of carbonyl (C=O) groups is 1. The first-order valence-electron chi connectivity index (χ1n) is 5.52. The maximum absolute atomic E-state index is 11.6. The van der Waals surface area contributed by atoms with Crippen molar-refractivity contribution in [1.29, 1.82) is 0 Å². The van der Waals surface area contributed by atoms with Crippen molar-refractivity contribution in [2.24, 2.45) is 0 Å². The monoisotopic (exact) mass is 280 g/mol. The van der Waals surface area contributed by atoms with Crippen LogP contribution in [0.5, 0.6) is 0 Å². The SMILES string of the molecule is O=C(CNCc1cccs1)Nc1ccc(Cl)cc1. The second-order valence-electron chi connectivity index (χ2n) is 3.74. The number of rotatable bonds is 5. The minimum absolute atomic E-state index is 0.0612. The Labute approximate surface area is 115 Å². The van der Waals surface area contributed by atoms with Crippen LogP contribution in [0.2, 0.25) is 5.02 Å². The molecule has 0 unspecified atom stereocenters. The minimum Gasteiger partial charge on any atom is -0.325 e. The second-order valence-corrected chi connectivity index (χ2v) is 5.21. The average molecular weight is 281 g/mol. The fourth-order valence-corrected chi connectivity index (χ4v) is 2.25. The first kappa shape index (κ1) is 13.1. The van der Waals surface area contributed by atoms with Gasteiger partial charge in [0.2, 0.25) is 5.91 Å². The Morgan fingerprint density at radius 2 is 2.00 bits per heavy atom. The van der Waals surface area contributed by atoms with Gasteiger partial charge in [0, 0.05) is 22.1 Å². The highest BCUT2D eigenvalue weighted by atomic mass is 35.5. The third-order valence-electron chi connectivity index (χ3n) is 2.29. The number of nitrogens with one attached hydrogen (secondary N) is 2. The van der Waals surface area contributed by atoms with Crippen molar-refractivity contribution in [2.75, 3.05) is 11.9 Å². The van der Waals surface area contributed by atoms with E-state index in [0.29, 0.717) is 18.1 Å². The zero-order chi connectivity index (χ0) is 12.8. The van der Waals surface area contributed by atoms with E-state index in [0.717, 1.165) is 5.69 Å². The maximum atomic E-state index is 11.6. The Morgan fingerprint density at radius 3 is 2.67 bits per heavy atom. The lowest BCUT2D eigenvalue weighted by Gasteiger charge is -2.06. The Bertz CT molecular complexity index is 496. The third-order valence-corrected chi connectivity index (χ3v) is 3.42. The lowest BCUT2D eigenvalue weighted by atomic mass is 10.3. The molecule has 5 heteroatoms. The van der Waals surface area contributed by atoms with Gasteiger partial charge in [-0.2, -0.15) is 0 Å². The summed E-state index contributed by atoms with van der Waals surface area (Å²) in [6.07, 6.45) is 0. The molecule has 1 amide bonds. The Morgan fingerprint density at radius 1 is 1.22 bits per heavy atom. The van der Waals surface area contributed by atoms with Crippen LogP contribution in [-0.2, 0) is 11.3 Å². The zero-order valence-corrected chi connectivity index (χ0v) is 11.2. The second kappa shape index (κ2) is 6.54. The van der Waals surface area contributed by atoms with Gasteiger partial charge < -0.3 is 10.6 Å². The van der Waals surface area contributed by atoms with Crippen LogP contribution in [0.15, 0.2) is 41.8 Å². The molecule has 0 aliphatic rings. The number of hydrogen-bond donors (Lipinski definition) is 2. The summed E-state index contributed by atoms with van der Waals surface area (Å²) < 4.78 is 0. The van der Waals surface area contributed by atoms with Gasteiger partial charge in [0.25, 0.3) is 0 Å². The van der Waals surface area contributed by atoms with Gasteiger partial charge >= 0.3 is 0 Å². The molecule has 0 spiro atoms. The number of amides is 1. The van der Waals surface area contributed by atoms with Gasteiger partial charge in [-0.1, -0.05) is 17.7 Å². The molecule has 3 nitrogen and oxygen atoms in total. The number of thiophene rings is 1. The molecule has 0 aliphatic carbocycles. The number of anilines is 1. The highest BCUT2D eigenvalue weighted by molar-refractivity contribution is 7.09. The van der Waals surface area contributed by atoms with E-state index in [1.165, 1.54) is 4.88 Å². The highest BCUT2D eigenvalue weighted by Crippen LogP contribution is 2.13. The summed E-state index contributed by atoms with van der Waals surface area (Å²) in [4.78, 5) is 12.8. The first-order chi connectivity index (χ1) is 8.74. The van der Waals surface area contributed by atoms with Crippen molar-refractivity contribution in [2.45, 2.75) is 6.54 Å². The molecule has 0 bridgehead atoms. The Kier molecular flexibility index (Phi) is 4.75. The van der Waals surface area contributed by atoms with Crippen molar-refractivity contribution in [3.05, 3.63) is 51.7 Å². The van der Waals surface area contributed by atoms with E-state index in [4.69, 9.17) is 11.6 Å². The van der Waals surface area contributed by atoms with Crippen LogP contribution in [0.3, 0.4) is 0 Å². The van der Waals surface area contributed by atoms with Crippen molar-refractivity contribution in [3.8, 4) is 0 Å². The van der Waals surface area contributed by atoms with Gasteiger partial charge in [-0.25, -0.2) is 0 Å². The molecule has 1 aromatic carbocycles. The molecule has 0 saturated carbocycles. The maximum Gasteiger partial charge on any atom is 0.238 e. The normalized spacial score (nSPS) is 10.3. The number of halogens is 1. The van der Waals surface area contributed by atoms with Gasteiger partial charge in [-0.15, -0.1) is 11.3 Å². The van der Waals surface area contributed by atoms with E-state index in [-0.39, 0.29) is 5.91 Å². The van der Waals surface area contributed by atoms with E-state index in [2.05, 4.69) is 10.6 Å². The van der Waals surface area contributed by atoms with Crippen LogP contribution in [0.4, 0.5) is 5.69 Å². The minimum atomic E-state index is -0.0612. The smallest absolute Gasteiger partial charge is 0.238 e. The number of benzene rings is 1. The Hall–Kier alpha value is -1.36. The van der Waals surface area contributed by atoms with Crippen molar-refractivity contribution in [3.63, 3.8) is 0 Å². The molecule has 0 saturated heterocycles. The summed E-state index contributed by atoms with van der Waals surface area (Å²) in [5.74, 6) is -0.0612. The highest BCUT2D eigenvalue weighted by Gasteiger charge is 2.02. The van der Waals surface area contributed by atoms with Crippen LogP contribution in [0.1, 0.15) is 4.88 Å². The summed E-state index contributed by atoms with van der Waals surface area (Å²) in [5.41, 5.74) is 0.752. The summed E-state index contributed by atoms with van der Waals surface area (Å²) >= 11 is 7.44. The molecule has 1 aromatic heterocycles. The van der Waals surface area contributed by atoms with Crippen LogP contribution < -0.4 is 10.6 Å². The lowest BCUT2D eigenvalue weighted by molar-refractivity contribution is -0.115. The summed E-state index contributed by atoms with van der Waals surface area (Å²) in [6.45, 7) is 1.01. The molecule has 0 fully saturated rings. The van der Waals surface area contributed by atoms with E-state index in [9.17, 15) is 4.79 Å². The molecule has 94 valence electrons. The molecule has 18 heavy (non-hydrogen) atoms. The molecule has 0 radical (unpaired) electrons. The first-order valence-corrected chi connectivity index (χ1v) is 6.78. The largest absolute Gasteiger partial charge is 0.325 e. The van der Waals surface area contributed by atoms with E-state index < -0.39 is 0 Å². The average Bonchev–Trinajstić information content (AvgIpc) is 2.85. The lowest BCUT2D eigenvalue weighted by Crippen LogP contribution is -2.27. The van der Waals surface area contributed by atoms with Crippen LogP contribution in [0.25, 0.3) is 0 Å². The fourth-order valence-electron chi connectivity index (χ4n) is 1.45.